The maximum atomic E-state index is 12.2. The molecule has 1 aromatic carbocycles. The molecule has 0 saturated carbocycles. The van der Waals surface area contributed by atoms with E-state index in [1.165, 1.54) is 17.0 Å². The number of aliphatic hydroxyl groups excluding tert-OH is 1. The van der Waals surface area contributed by atoms with Crippen molar-refractivity contribution in [1.82, 2.24) is 15.6 Å². The van der Waals surface area contributed by atoms with Crippen LogP contribution in [-0.2, 0) is 13.0 Å². The fraction of sp³-hybridized carbons (Fsp3) is 0.444. The van der Waals surface area contributed by atoms with E-state index in [4.69, 9.17) is 0 Å². The van der Waals surface area contributed by atoms with E-state index in [1.54, 1.807) is 23.5 Å². The Labute approximate surface area is 161 Å². The van der Waals surface area contributed by atoms with Crippen LogP contribution in [0.3, 0.4) is 0 Å². The molecule has 2 aromatic rings. The van der Waals surface area contributed by atoms with Crippen molar-refractivity contribution in [3.63, 3.8) is 0 Å². The topological polar surface area (TPSA) is 78.8 Å². The minimum Gasteiger partial charge on any atom is -0.435 e. The van der Waals surface area contributed by atoms with Crippen LogP contribution in [0.2, 0.25) is 0 Å². The molecule has 2 rings (SSSR count). The molecule has 148 valence electrons. The zero-order chi connectivity index (χ0) is 19.6. The smallest absolute Gasteiger partial charge is 0.387 e. The molecule has 1 aromatic heterocycles. The number of nitrogens with one attached hydrogen (secondary N) is 2. The number of aryl methyl sites for hydroxylation is 1. The number of hydrogen-bond acceptors (Lipinski definition) is 5. The second kappa shape index (κ2) is 10.8. The van der Waals surface area contributed by atoms with E-state index in [-0.39, 0.29) is 12.3 Å². The van der Waals surface area contributed by atoms with Gasteiger partial charge in [0.1, 0.15) is 10.8 Å². The van der Waals surface area contributed by atoms with Gasteiger partial charge < -0.3 is 20.5 Å². The van der Waals surface area contributed by atoms with Crippen LogP contribution in [0.25, 0.3) is 0 Å². The maximum absolute atomic E-state index is 12.2. The van der Waals surface area contributed by atoms with Crippen LogP contribution in [0, 0.1) is 0 Å². The van der Waals surface area contributed by atoms with Crippen molar-refractivity contribution >= 4 is 17.3 Å². The Balaban J connectivity index is 1.90. The van der Waals surface area contributed by atoms with Gasteiger partial charge in [0.25, 0.3) is 0 Å². The molecule has 0 aliphatic carbocycles. The molecule has 1 unspecified atom stereocenters. The van der Waals surface area contributed by atoms with Crippen molar-refractivity contribution in [1.29, 1.82) is 0 Å². The predicted molar refractivity (Wildman–Crippen MR) is 102 cm³/mol. The molecule has 0 saturated heterocycles. The molecule has 1 heterocycles. The summed E-state index contributed by atoms with van der Waals surface area (Å²) in [5, 5.41) is 17.4. The predicted octanol–water partition coefficient (Wildman–Crippen LogP) is 3.10. The molecule has 0 aliphatic heterocycles. The number of aliphatic hydroxyl groups is 1. The molecule has 0 aliphatic rings. The van der Waals surface area contributed by atoms with Gasteiger partial charge in [0, 0.05) is 24.2 Å². The minimum absolute atomic E-state index is 0.0544. The Morgan fingerprint density at radius 2 is 2.00 bits per heavy atom. The van der Waals surface area contributed by atoms with Gasteiger partial charge in [0.15, 0.2) is 5.96 Å². The number of rotatable bonds is 9. The van der Waals surface area contributed by atoms with Crippen LogP contribution in [0.4, 0.5) is 8.78 Å². The quantitative estimate of drug-likeness (QED) is 0.447. The first-order valence-electron chi connectivity index (χ1n) is 8.70. The summed E-state index contributed by atoms with van der Waals surface area (Å²) in [6.07, 6.45) is 2.00. The van der Waals surface area contributed by atoms with Gasteiger partial charge in [-0.3, -0.25) is 0 Å². The summed E-state index contributed by atoms with van der Waals surface area (Å²) in [6.45, 7) is 2.52. The summed E-state index contributed by atoms with van der Waals surface area (Å²) in [6, 6.07) is 5.90. The fourth-order valence-electron chi connectivity index (χ4n) is 2.26. The lowest BCUT2D eigenvalue weighted by Crippen LogP contribution is -2.39. The minimum atomic E-state index is -2.87. The summed E-state index contributed by atoms with van der Waals surface area (Å²) >= 11 is 1.63. The van der Waals surface area contributed by atoms with E-state index in [1.807, 2.05) is 13.1 Å². The summed E-state index contributed by atoms with van der Waals surface area (Å²) in [4.78, 5) is 10.0. The molecule has 27 heavy (non-hydrogen) atoms. The standard InChI is InChI=1S/C18H24F2N4O2S/c1-3-14-9-22-16(27-14)11-24-18(21-4-2)23-10-15(25)12-5-7-13(8-6-12)26-17(19)20/h5-9,15,17,25H,3-4,10-11H2,1-2H3,(H2,21,23,24). The third-order valence-electron chi connectivity index (χ3n) is 3.62. The van der Waals surface area contributed by atoms with Gasteiger partial charge >= 0.3 is 6.61 Å². The normalized spacial score (nSPS) is 12.9. The molecule has 0 fully saturated rings. The Morgan fingerprint density at radius 1 is 1.26 bits per heavy atom. The molecule has 0 radical (unpaired) electrons. The molecular formula is C18H24F2N4O2S. The number of hydrogen-bond donors (Lipinski definition) is 3. The van der Waals surface area contributed by atoms with Crippen molar-refractivity contribution in [3.8, 4) is 5.75 Å². The lowest BCUT2D eigenvalue weighted by molar-refractivity contribution is -0.0498. The largest absolute Gasteiger partial charge is 0.435 e. The highest BCUT2D eigenvalue weighted by molar-refractivity contribution is 7.11. The molecule has 0 amide bonds. The first kappa shape index (κ1) is 21.0. The fourth-order valence-corrected chi connectivity index (χ4v) is 3.04. The van der Waals surface area contributed by atoms with E-state index in [9.17, 15) is 13.9 Å². The third-order valence-corrected chi connectivity index (χ3v) is 4.75. The van der Waals surface area contributed by atoms with Crippen LogP contribution in [0.5, 0.6) is 5.75 Å². The summed E-state index contributed by atoms with van der Waals surface area (Å²) in [5.41, 5.74) is 0.590. The number of thiazole rings is 1. The molecule has 9 heteroatoms. The van der Waals surface area contributed by atoms with Gasteiger partial charge in [-0.15, -0.1) is 11.3 Å². The van der Waals surface area contributed by atoms with E-state index in [2.05, 4.69) is 32.3 Å². The highest BCUT2D eigenvalue weighted by Crippen LogP contribution is 2.19. The Morgan fingerprint density at radius 3 is 2.59 bits per heavy atom. The van der Waals surface area contributed by atoms with Crippen molar-refractivity contribution in [2.75, 3.05) is 13.1 Å². The highest BCUT2D eigenvalue weighted by atomic mass is 32.1. The molecule has 1 atom stereocenters. The number of guanidine groups is 1. The summed E-state index contributed by atoms with van der Waals surface area (Å²) in [5.74, 6) is 0.626. The van der Waals surface area contributed by atoms with Crippen molar-refractivity contribution in [2.45, 2.75) is 39.5 Å². The van der Waals surface area contributed by atoms with Gasteiger partial charge in [-0.1, -0.05) is 19.1 Å². The second-order valence-electron chi connectivity index (χ2n) is 5.61. The van der Waals surface area contributed by atoms with Crippen molar-refractivity contribution in [2.24, 2.45) is 4.99 Å². The second-order valence-corrected chi connectivity index (χ2v) is 6.81. The van der Waals surface area contributed by atoms with Crippen LogP contribution in [0.1, 0.15) is 35.4 Å². The van der Waals surface area contributed by atoms with E-state index < -0.39 is 12.7 Å². The number of alkyl halides is 2. The van der Waals surface area contributed by atoms with Crippen LogP contribution in [0.15, 0.2) is 35.5 Å². The van der Waals surface area contributed by atoms with Crippen LogP contribution < -0.4 is 15.4 Å². The number of ether oxygens (including phenoxy) is 1. The number of aromatic nitrogens is 1. The highest BCUT2D eigenvalue weighted by Gasteiger charge is 2.10. The zero-order valence-corrected chi connectivity index (χ0v) is 16.1. The van der Waals surface area contributed by atoms with Gasteiger partial charge in [-0.05, 0) is 31.0 Å². The van der Waals surface area contributed by atoms with Crippen LogP contribution >= 0.6 is 11.3 Å². The first-order chi connectivity index (χ1) is 13.0. The van der Waals surface area contributed by atoms with Gasteiger partial charge in [-0.2, -0.15) is 8.78 Å². The summed E-state index contributed by atoms with van der Waals surface area (Å²) in [7, 11) is 0. The average molecular weight is 398 g/mol. The zero-order valence-electron chi connectivity index (χ0n) is 15.3. The molecule has 3 N–H and O–H groups in total. The molecular weight excluding hydrogens is 374 g/mol. The van der Waals surface area contributed by atoms with Crippen LogP contribution in [-0.4, -0.2) is 35.8 Å². The SMILES string of the molecule is CCNC(=NCc1ncc(CC)s1)NCC(O)c1ccc(OC(F)F)cc1. The van der Waals surface area contributed by atoms with E-state index in [0.29, 0.717) is 24.6 Å². The monoisotopic (exact) mass is 398 g/mol. The summed E-state index contributed by atoms with van der Waals surface area (Å²) < 4.78 is 28.6. The van der Waals surface area contributed by atoms with Crippen molar-refractivity contribution in [3.05, 3.63) is 45.9 Å². The lowest BCUT2D eigenvalue weighted by Gasteiger charge is -2.16. The van der Waals surface area contributed by atoms with Gasteiger partial charge in [0.2, 0.25) is 0 Å². The Hall–Kier alpha value is -2.26. The number of aliphatic imine (C=N–C) groups is 1. The molecule has 6 nitrogen and oxygen atoms in total. The Kier molecular flexibility index (Phi) is 8.41. The Bertz CT molecular complexity index is 722. The lowest BCUT2D eigenvalue weighted by atomic mass is 10.1. The average Bonchev–Trinajstić information content (AvgIpc) is 3.12. The number of benzene rings is 1. The van der Waals surface area contributed by atoms with E-state index >= 15 is 0 Å². The van der Waals surface area contributed by atoms with E-state index in [0.717, 1.165) is 11.4 Å². The first-order valence-corrected chi connectivity index (χ1v) is 9.52. The number of nitrogens with zero attached hydrogens (tertiary/aromatic N) is 2. The molecule has 0 bridgehead atoms. The number of halogens is 2. The van der Waals surface area contributed by atoms with Gasteiger partial charge in [0.05, 0.1) is 12.6 Å². The molecule has 0 spiro atoms. The van der Waals surface area contributed by atoms with Gasteiger partial charge in [-0.25, -0.2) is 9.98 Å². The maximum Gasteiger partial charge on any atom is 0.387 e. The van der Waals surface area contributed by atoms with Crippen molar-refractivity contribution < 1.29 is 18.6 Å². The third kappa shape index (κ3) is 7.10.